The van der Waals surface area contributed by atoms with Gasteiger partial charge in [-0.25, -0.2) is 0 Å². The Balaban J connectivity index is 2.85. The van der Waals surface area contributed by atoms with Gasteiger partial charge in [-0.1, -0.05) is 13.8 Å². The van der Waals surface area contributed by atoms with E-state index in [1.54, 1.807) is 13.8 Å². The Kier molecular flexibility index (Phi) is 4.03. The number of hydrogen-bond acceptors (Lipinski definition) is 4. The third-order valence-electron chi connectivity index (χ3n) is 2.36. The molecule has 17 heavy (non-hydrogen) atoms. The summed E-state index contributed by atoms with van der Waals surface area (Å²) in [6.45, 7) is 3.59. The number of pyridine rings is 1. The lowest BCUT2D eigenvalue weighted by atomic mass is 10.0. The van der Waals surface area contributed by atoms with Crippen molar-refractivity contribution in [3.63, 3.8) is 0 Å². The van der Waals surface area contributed by atoms with E-state index in [1.165, 1.54) is 18.5 Å². The largest absolute Gasteiger partial charge is 0.398 e. The Labute approximate surface area is 99.4 Å². The molecule has 2 amide bonds. The van der Waals surface area contributed by atoms with Crippen molar-refractivity contribution in [3.05, 3.63) is 24.0 Å². The molecule has 0 fully saturated rings. The highest BCUT2D eigenvalue weighted by Crippen LogP contribution is 2.10. The normalized spacial score (nSPS) is 12.2. The van der Waals surface area contributed by atoms with Gasteiger partial charge in [-0.15, -0.1) is 0 Å². The molecule has 0 aliphatic carbocycles. The lowest BCUT2D eigenvalue weighted by Gasteiger charge is -2.19. The summed E-state index contributed by atoms with van der Waals surface area (Å²) in [5.41, 5.74) is 11.4. The van der Waals surface area contributed by atoms with Gasteiger partial charge in [0.15, 0.2) is 0 Å². The number of nitrogen functional groups attached to an aromatic ring is 1. The van der Waals surface area contributed by atoms with Gasteiger partial charge in [-0.05, 0) is 12.0 Å². The summed E-state index contributed by atoms with van der Waals surface area (Å²) in [6, 6.07) is 0.797. The van der Waals surface area contributed by atoms with Crippen LogP contribution in [0.3, 0.4) is 0 Å². The molecule has 0 saturated heterocycles. The van der Waals surface area contributed by atoms with Gasteiger partial charge in [0.2, 0.25) is 5.91 Å². The van der Waals surface area contributed by atoms with Gasteiger partial charge in [0.25, 0.3) is 5.91 Å². The molecule has 0 bridgehead atoms. The quantitative estimate of drug-likeness (QED) is 0.678. The molecule has 1 atom stereocenters. The Morgan fingerprint density at radius 1 is 1.41 bits per heavy atom. The van der Waals surface area contributed by atoms with Crippen LogP contribution in [-0.2, 0) is 4.79 Å². The fraction of sp³-hybridized carbons (Fsp3) is 0.364. The third kappa shape index (κ3) is 3.17. The fourth-order valence-corrected chi connectivity index (χ4v) is 1.38. The minimum Gasteiger partial charge on any atom is -0.398 e. The summed E-state index contributed by atoms with van der Waals surface area (Å²) in [4.78, 5) is 26.8. The summed E-state index contributed by atoms with van der Waals surface area (Å²) in [5.74, 6) is -1.11. The molecule has 1 heterocycles. The number of rotatable bonds is 4. The molecule has 1 aromatic heterocycles. The van der Waals surface area contributed by atoms with Gasteiger partial charge in [-0.2, -0.15) is 0 Å². The van der Waals surface area contributed by atoms with Gasteiger partial charge in [0.1, 0.15) is 6.04 Å². The number of carbonyl (C=O) groups is 2. The smallest absolute Gasteiger partial charge is 0.255 e. The van der Waals surface area contributed by atoms with E-state index in [1.807, 2.05) is 0 Å². The van der Waals surface area contributed by atoms with Crippen LogP contribution in [0.15, 0.2) is 18.5 Å². The molecule has 0 aliphatic heterocycles. The lowest BCUT2D eigenvalue weighted by molar-refractivity contribution is -0.120. The zero-order valence-electron chi connectivity index (χ0n) is 9.81. The number of hydrogen-bond donors (Lipinski definition) is 3. The first kappa shape index (κ1) is 13.0. The molecule has 0 saturated carbocycles. The van der Waals surface area contributed by atoms with Gasteiger partial charge < -0.3 is 16.8 Å². The average molecular weight is 236 g/mol. The predicted molar refractivity (Wildman–Crippen MR) is 63.9 cm³/mol. The standard InChI is InChI=1S/C11H16N4O2/c1-6(2)9(10(13)16)15-11(17)7-5-14-4-3-8(7)12/h3-6,9H,1-2H3,(H2,12,14)(H2,13,16)(H,15,17). The van der Waals surface area contributed by atoms with E-state index in [-0.39, 0.29) is 11.5 Å². The van der Waals surface area contributed by atoms with Gasteiger partial charge in [0, 0.05) is 18.1 Å². The molecule has 1 aromatic rings. The van der Waals surface area contributed by atoms with Crippen LogP contribution in [0.4, 0.5) is 5.69 Å². The number of anilines is 1. The topological polar surface area (TPSA) is 111 Å². The minimum absolute atomic E-state index is 0.0886. The first-order chi connectivity index (χ1) is 7.93. The number of nitrogens with one attached hydrogen (secondary N) is 1. The molecule has 0 spiro atoms. The molecule has 92 valence electrons. The maximum atomic E-state index is 11.8. The Bertz CT molecular complexity index is 431. The van der Waals surface area contributed by atoms with E-state index in [2.05, 4.69) is 10.3 Å². The molecule has 0 radical (unpaired) electrons. The van der Waals surface area contributed by atoms with E-state index in [0.717, 1.165) is 0 Å². The van der Waals surface area contributed by atoms with Crippen molar-refractivity contribution < 1.29 is 9.59 Å². The van der Waals surface area contributed by atoms with Crippen LogP contribution in [0.1, 0.15) is 24.2 Å². The second-order valence-electron chi connectivity index (χ2n) is 4.06. The summed E-state index contributed by atoms with van der Waals surface area (Å²) in [5, 5.41) is 2.54. The summed E-state index contributed by atoms with van der Waals surface area (Å²) < 4.78 is 0. The van der Waals surface area contributed by atoms with Crippen molar-refractivity contribution in [1.82, 2.24) is 10.3 Å². The Hall–Kier alpha value is -2.11. The van der Waals surface area contributed by atoms with E-state index >= 15 is 0 Å². The number of carbonyl (C=O) groups excluding carboxylic acids is 2. The van der Waals surface area contributed by atoms with E-state index in [9.17, 15) is 9.59 Å². The summed E-state index contributed by atoms with van der Waals surface area (Å²) >= 11 is 0. The zero-order valence-corrected chi connectivity index (χ0v) is 9.81. The van der Waals surface area contributed by atoms with E-state index in [4.69, 9.17) is 11.5 Å². The van der Waals surface area contributed by atoms with Crippen molar-refractivity contribution in [2.24, 2.45) is 11.7 Å². The van der Waals surface area contributed by atoms with E-state index < -0.39 is 17.9 Å². The van der Waals surface area contributed by atoms with Crippen LogP contribution in [0.5, 0.6) is 0 Å². The van der Waals surface area contributed by atoms with Crippen LogP contribution >= 0.6 is 0 Å². The third-order valence-corrected chi connectivity index (χ3v) is 2.36. The number of primary amides is 1. The number of nitrogens with two attached hydrogens (primary N) is 2. The second kappa shape index (κ2) is 5.29. The first-order valence-corrected chi connectivity index (χ1v) is 5.23. The van der Waals surface area contributed by atoms with Crippen LogP contribution in [0, 0.1) is 5.92 Å². The molecule has 1 unspecified atom stereocenters. The van der Waals surface area contributed by atoms with Crippen molar-refractivity contribution in [2.45, 2.75) is 19.9 Å². The highest BCUT2D eigenvalue weighted by atomic mass is 16.2. The van der Waals surface area contributed by atoms with Gasteiger partial charge in [-0.3, -0.25) is 14.6 Å². The molecular formula is C11H16N4O2. The average Bonchev–Trinajstić information content (AvgIpc) is 2.25. The molecule has 1 rings (SSSR count). The van der Waals surface area contributed by atoms with Crippen LogP contribution in [0.25, 0.3) is 0 Å². The van der Waals surface area contributed by atoms with Crippen molar-refractivity contribution in [1.29, 1.82) is 0 Å². The van der Waals surface area contributed by atoms with Gasteiger partial charge in [0.05, 0.1) is 5.56 Å². The van der Waals surface area contributed by atoms with E-state index in [0.29, 0.717) is 5.69 Å². The maximum absolute atomic E-state index is 11.8. The molecule has 0 aromatic carbocycles. The number of nitrogens with zero attached hydrogens (tertiary/aromatic N) is 1. The zero-order chi connectivity index (χ0) is 13.0. The fourth-order valence-electron chi connectivity index (χ4n) is 1.38. The van der Waals surface area contributed by atoms with Crippen molar-refractivity contribution in [3.8, 4) is 0 Å². The predicted octanol–water partition coefficient (Wildman–Crippen LogP) is -0.0965. The second-order valence-corrected chi connectivity index (χ2v) is 4.06. The highest BCUT2D eigenvalue weighted by molar-refractivity contribution is 6.00. The Morgan fingerprint density at radius 2 is 2.06 bits per heavy atom. The monoisotopic (exact) mass is 236 g/mol. The summed E-state index contributed by atoms with van der Waals surface area (Å²) in [6.07, 6.45) is 2.84. The molecule has 6 nitrogen and oxygen atoms in total. The lowest BCUT2D eigenvalue weighted by Crippen LogP contribution is -2.47. The number of amides is 2. The molecular weight excluding hydrogens is 220 g/mol. The molecule has 5 N–H and O–H groups in total. The van der Waals surface area contributed by atoms with Gasteiger partial charge >= 0.3 is 0 Å². The molecule has 6 heteroatoms. The van der Waals surface area contributed by atoms with Crippen molar-refractivity contribution >= 4 is 17.5 Å². The van der Waals surface area contributed by atoms with Crippen LogP contribution in [0.2, 0.25) is 0 Å². The summed E-state index contributed by atoms with van der Waals surface area (Å²) in [7, 11) is 0. The van der Waals surface area contributed by atoms with Crippen LogP contribution in [-0.4, -0.2) is 22.8 Å². The number of aromatic nitrogens is 1. The SMILES string of the molecule is CC(C)C(NC(=O)c1cnccc1N)C(N)=O. The molecule has 0 aliphatic rings. The Morgan fingerprint density at radius 3 is 2.53 bits per heavy atom. The first-order valence-electron chi connectivity index (χ1n) is 5.23. The highest BCUT2D eigenvalue weighted by Gasteiger charge is 2.23. The maximum Gasteiger partial charge on any atom is 0.255 e. The minimum atomic E-state index is -0.720. The van der Waals surface area contributed by atoms with Crippen molar-refractivity contribution in [2.75, 3.05) is 5.73 Å². The van der Waals surface area contributed by atoms with Crippen LogP contribution < -0.4 is 16.8 Å².